The van der Waals surface area contributed by atoms with Gasteiger partial charge in [0.25, 0.3) is 0 Å². The summed E-state index contributed by atoms with van der Waals surface area (Å²) in [6, 6.07) is 0. The van der Waals surface area contributed by atoms with Crippen LogP contribution in [0.1, 0.15) is 6.92 Å². The molecule has 0 rings (SSSR count). The van der Waals surface area contributed by atoms with Gasteiger partial charge < -0.3 is 15.0 Å². The van der Waals surface area contributed by atoms with Crippen LogP contribution in [0.3, 0.4) is 0 Å². The van der Waals surface area contributed by atoms with Gasteiger partial charge in [-0.05, 0) is 27.6 Å². The first kappa shape index (κ1) is 15.0. The average Bonchev–Trinajstić information content (AvgIpc) is 1.96. The van der Waals surface area contributed by atoms with E-state index in [-0.39, 0.29) is 18.9 Å². The minimum atomic E-state index is 0. The van der Waals surface area contributed by atoms with Gasteiger partial charge in [0.05, 0.1) is 0 Å². The van der Waals surface area contributed by atoms with Gasteiger partial charge in [-0.25, -0.2) is 0 Å². The van der Waals surface area contributed by atoms with E-state index >= 15 is 0 Å². The summed E-state index contributed by atoms with van der Waals surface area (Å²) in [5.41, 5.74) is 0. The normalized spacial score (nSPS) is 10.0. The molecule has 0 aromatic heterocycles. The molecule has 0 aliphatic rings. The molecule has 0 saturated heterocycles. The zero-order valence-corrected chi connectivity index (χ0v) is 8.84. The van der Waals surface area contributed by atoms with Crippen LogP contribution < -0.4 is 18.9 Å². The summed E-state index contributed by atoms with van der Waals surface area (Å²) < 4.78 is 5.13. The molecule has 0 saturated carbocycles. The number of ether oxygens (including phenoxy) is 1. The molecule has 0 N–H and O–H groups in total. The average molecular weight is 166 g/mol. The topological polar surface area (TPSA) is 26.6 Å². The van der Waals surface area contributed by atoms with Crippen molar-refractivity contribution >= 4 is 0 Å². The summed E-state index contributed by atoms with van der Waals surface area (Å²) in [5.74, 6) is 0. The summed E-state index contributed by atoms with van der Waals surface area (Å²) >= 11 is 0. The zero-order chi connectivity index (χ0) is 8.53. The Morgan fingerprint density at radius 1 is 1.25 bits per heavy atom. The Kier molecular flexibility index (Phi) is 14.3. The van der Waals surface area contributed by atoms with E-state index in [0.29, 0.717) is 0 Å². The molecule has 0 heterocycles. The standard InChI is InChI=1S/C8H19N2O.Li/c1-4-11-8-6-9-5-7-10(2)3;/h4-8H2,1-3H3;/q-1;+1. The van der Waals surface area contributed by atoms with Crippen molar-refractivity contribution in [2.75, 3.05) is 46.9 Å². The van der Waals surface area contributed by atoms with E-state index in [9.17, 15) is 0 Å². The Labute approximate surface area is 88.0 Å². The van der Waals surface area contributed by atoms with Crippen LogP contribution in [0.5, 0.6) is 0 Å². The summed E-state index contributed by atoms with van der Waals surface area (Å²) in [6.07, 6.45) is 0. The number of likely N-dealkylation sites (N-methyl/N-ethyl adjacent to an activating group) is 1. The molecule has 0 bridgehead atoms. The monoisotopic (exact) mass is 166 g/mol. The van der Waals surface area contributed by atoms with E-state index < -0.39 is 0 Å². The fraction of sp³-hybridized carbons (Fsp3) is 1.00. The molecule has 0 aromatic rings. The molecule has 0 aromatic carbocycles. The van der Waals surface area contributed by atoms with Crippen LogP contribution in [0.25, 0.3) is 5.32 Å². The molecule has 0 aliphatic carbocycles. The first-order chi connectivity index (χ1) is 5.27. The number of rotatable bonds is 7. The molecule has 0 amide bonds. The largest absolute Gasteiger partial charge is 1.00 e. The molecule has 0 atom stereocenters. The van der Waals surface area contributed by atoms with Crippen molar-refractivity contribution in [3.63, 3.8) is 0 Å². The molecular weight excluding hydrogens is 147 g/mol. The third-order valence-corrected chi connectivity index (χ3v) is 1.30. The van der Waals surface area contributed by atoms with Crippen molar-refractivity contribution < 1.29 is 23.6 Å². The van der Waals surface area contributed by atoms with Gasteiger partial charge in [0, 0.05) is 13.2 Å². The molecule has 0 unspecified atom stereocenters. The SMILES string of the molecule is CCOCC[N-]CCN(C)C.[Li+]. The Balaban J connectivity index is 0. The van der Waals surface area contributed by atoms with Crippen molar-refractivity contribution in [3.8, 4) is 0 Å². The molecule has 12 heavy (non-hydrogen) atoms. The molecular formula is C8H19LiN2O. The van der Waals surface area contributed by atoms with Gasteiger partial charge in [0.15, 0.2) is 0 Å². The first-order valence-corrected chi connectivity index (χ1v) is 4.13. The fourth-order valence-electron chi connectivity index (χ4n) is 0.656. The predicted octanol–water partition coefficient (Wildman–Crippen LogP) is -2.04. The molecule has 3 nitrogen and oxygen atoms in total. The van der Waals surface area contributed by atoms with Crippen molar-refractivity contribution in [1.29, 1.82) is 0 Å². The van der Waals surface area contributed by atoms with Crippen LogP contribution in [-0.4, -0.2) is 51.8 Å². The van der Waals surface area contributed by atoms with Crippen molar-refractivity contribution in [2.24, 2.45) is 0 Å². The summed E-state index contributed by atoms with van der Waals surface area (Å²) in [7, 11) is 4.11. The molecule has 0 radical (unpaired) electrons. The van der Waals surface area contributed by atoms with E-state index in [4.69, 9.17) is 4.74 Å². The quantitative estimate of drug-likeness (QED) is 0.322. The smallest absolute Gasteiger partial charge is 0.659 e. The maximum absolute atomic E-state index is 5.13. The van der Waals surface area contributed by atoms with Gasteiger partial charge in [-0.3, -0.25) is 0 Å². The van der Waals surface area contributed by atoms with Gasteiger partial charge in [0.1, 0.15) is 0 Å². The molecule has 68 valence electrons. The van der Waals surface area contributed by atoms with E-state index in [1.807, 2.05) is 6.92 Å². The van der Waals surface area contributed by atoms with E-state index in [0.717, 1.165) is 32.8 Å². The second-order valence-electron chi connectivity index (χ2n) is 2.67. The fourth-order valence-corrected chi connectivity index (χ4v) is 0.656. The van der Waals surface area contributed by atoms with Gasteiger partial charge in [-0.1, -0.05) is 0 Å². The summed E-state index contributed by atoms with van der Waals surface area (Å²) in [4.78, 5) is 2.13. The minimum absolute atomic E-state index is 0. The first-order valence-electron chi connectivity index (χ1n) is 4.13. The second kappa shape index (κ2) is 11.5. The van der Waals surface area contributed by atoms with Crippen molar-refractivity contribution in [1.82, 2.24) is 4.90 Å². The van der Waals surface area contributed by atoms with Crippen LogP contribution in [-0.2, 0) is 4.74 Å². The van der Waals surface area contributed by atoms with Crippen molar-refractivity contribution in [2.45, 2.75) is 6.92 Å². The number of hydrogen-bond donors (Lipinski definition) is 0. The van der Waals surface area contributed by atoms with E-state index in [1.54, 1.807) is 0 Å². The summed E-state index contributed by atoms with van der Waals surface area (Å²) in [6.45, 7) is 6.35. The van der Waals surface area contributed by atoms with Crippen LogP contribution in [0.2, 0.25) is 0 Å². The van der Waals surface area contributed by atoms with E-state index in [2.05, 4.69) is 24.3 Å². The van der Waals surface area contributed by atoms with Crippen molar-refractivity contribution in [3.05, 3.63) is 5.32 Å². The van der Waals surface area contributed by atoms with Gasteiger partial charge >= 0.3 is 18.9 Å². The second-order valence-corrected chi connectivity index (χ2v) is 2.67. The number of hydrogen-bond acceptors (Lipinski definition) is 2. The Morgan fingerprint density at radius 3 is 2.42 bits per heavy atom. The Bertz CT molecular complexity index is 81.5. The minimum Gasteiger partial charge on any atom is -0.659 e. The third-order valence-electron chi connectivity index (χ3n) is 1.30. The zero-order valence-electron chi connectivity index (χ0n) is 8.84. The van der Waals surface area contributed by atoms with E-state index in [1.165, 1.54) is 0 Å². The maximum Gasteiger partial charge on any atom is 1.00 e. The Hall–Kier alpha value is 0.477. The Morgan fingerprint density at radius 2 is 1.92 bits per heavy atom. The van der Waals surface area contributed by atoms with Gasteiger partial charge in [-0.15, -0.1) is 13.1 Å². The maximum atomic E-state index is 5.13. The van der Waals surface area contributed by atoms with Crippen LogP contribution in [0.15, 0.2) is 0 Å². The molecule has 0 spiro atoms. The van der Waals surface area contributed by atoms with Gasteiger partial charge in [-0.2, -0.15) is 0 Å². The van der Waals surface area contributed by atoms with Gasteiger partial charge in [0.2, 0.25) is 0 Å². The van der Waals surface area contributed by atoms with Crippen LogP contribution >= 0.6 is 0 Å². The molecule has 0 fully saturated rings. The predicted molar refractivity (Wildman–Crippen MR) is 48.1 cm³/mol. The number of nitrogens with zero attached hydrogens (tertiary/aromatic N) is 2. The van der Waals surface area contributed by atoms with Crippen LogP contribution in [0.4, 0.5) is 0 Å². The van der Waals surface area contributed by atoms with Crippen LogP contribution in [0, 0.1) is 0 Å². The third kappa shape index (κ3) is 13.1. The molecule has 0 aliphatic heterocycles. The summed E-state index contributed by atoms with van der Waals surface area (Å²) in [5, 5.41) is 4.28. The molecule has 4 heteroatoms.